The molecule has 1 aliphatic rings. The fraction of sp³-hybridized carbons (Fsp3) is 0.286. The molecule has 1 fully saturated rings. The first-order valence-corrected chi connectivity index (χ1v) is 10.2. The molecule has 27 heavy (non-hydrogen) atoms. The SMILES string of the molecule is Cc1c(N2CCCCC2)nn(-c2ccc(Cl)cc2Cl)c1-c1ccc(Cl)cc1. The highest BCUT2D eigenvalue weighted by Crippen LogP contribution is 2.36. The number of rotatable bonds is 3. The van der Waals surface area contributed by atoms with Gasteiger partial charge in [0.05, 0.1) is 16.4 Å². The van der Waals surface area contributed by atoms with Gasteiger partial charge >= 0.3 is 0 Å². The molecule has 0 atom stereocenters. The van der Waals surface area contributed by atoms with Crippen LogP contribution in [0.1, 0.15) is 24.8 Å². The Balaban J connectivity index is 1.91. The van der Waals surface area contributed by atoms with E-state index in [-0.39, 0.29) is 0 Å². The summed E-state index contributed by atoms with van der Waals surface area (Å²) in [4.78, 5) is 2.37. The molecule has 3 nitrogen and oxygen atoms in total. The van der Waals surface area contributed by atoms with Crippen molar-refractivity contribution in [3.8, 4) is 16.9 Å². The van der Waals surface area contributed by atoms with Crippen LogP contribution in [0.5, 0.6) is 0 Å². The number of aromatic nitrogens is 2. The Hall–Kier alpha value is -1.68. The van der Waals surface area contributed by atoms with Crippen molar-refractivity contribution >= 4 is 40.6 Å². The van der Waals surface area contributed by atoms with Crippen molar-refractivity contribution in [2.45, 2.75) is 26.2 Å². The fourth-order valence-electron chi connectivity index (χ4n) is 3.66. The predicted molar refractivity (Wildman–Crippen MR) is 115 cm³/mol. The lowest BCUT2D eigenvalue weighted by Crippen LogP contribution is -2.30. The number of anilines is 1. The van der Waals surface area contributed by atoms with Gasteiger partial charge in [-0.2, -0.15) is 0 Å². The van der Waals surface area contributed by atoms with E-state index in [4.69, 9.17) is 39.9 Å². The Kier molecular flexibility index (Phi) is 5.36. The van der Waals surface area contributed by atoms with E-state index in [0.717, 1.165) is 41.4 Å². The Morgan fingerprint density at radius 1 is 0.852 bits per heavy atom. The molecule has 3 aromatic rings. The molecule has 6 heteroatoms. The van der Waals surface area contributed by atoms with Crippen molar-refractivity contribution in [3.63, 3.8) is 0 Å². The minimum Gasteiger partial charge on any atom is -0.355 e. The zero-order chi connectivity index (χ0) is 19.0. The number of piperidine rings is 1. The molecule has 0 aliphatic carbocycles. The lowest BCUT2D eigenvalue weighted by atomic mass is 10.1. The smallest absolute Gasteiger partial charge is 0.154 e. The molecule has 1 aromatic heterocycles. The zero-order valence-corrected chi connectivity index (χ0v) is 17.3. The number of benzene rings is 2. The van der Waals surface area contributed by atoms with Crippen molar-refractivity contribution in [2.24, 2.45) is 0 Å². The predicted octanol–water partition coefficient (Wildman–Crippen LogP) is 6.80. The number of hydrogen-bond donors (Lipinski definition) is 0. The average molecular weight is 421 g/mol. The highest BCUT2D eigenvalue weighted by Gasteiger charge is 2.23. The number of nitrogens with zero attached hydrogens (tertiary/aromatic N) is 3. The third kappa shape index (κ3) is 3.69. The van der Waals surface area contributed by atoms with Gasteiger partial charge in [0.25, 0.3) is 0 Å². The maximum atomic E-state index is 6.52. The zero-order valence-electron chi connectivity index (χ0n) is 15.1. The van der Waals surface area contributed by atoms with E-state index in [1.54, 1.807) is 6.07 Å². The van der Waals surface area contributed by atoms with Crippen LogP contribution in [0.15, 0.2) is 42.5 Å². The van der Waals surface area contributed by atoms with Crippen LogP contribution in [0.25, 0.3) is 16.9 Å². The molecule has 0 N–H and O–H groups in total. The summed E-state index contributed by atoms with van der Waals surface area (Å²) < 4.78 is 1.93. The molecule has 0 spiro atoms. The van der Waals surface area contributed by atoms with Crippen LogP contribution in [0, 0.1) is 6.92 Å². The molecular weight excluding hydrogens is 401 g/mol. The molecule has 0 radical (unpaired) electrons. The molecule has 0 unspecified atom stereocenters. The van der Waals surface area contributed by atoms with E-state index in [0.29, 0.717) is 15.1 Å². The van der Waals surface area contributed by atoms with E-state index in [9.17, 15) is 0 Å². The van der Waals surface area contributed by atoms with Gasteiger partial charge < -0.3 is 4.90 Å². The number of halogens is 3. The molecule has 140 valence electrons. The number of hydrogen-bond acceptors (Lipinski definition) is 2. The summed E-state index contributed by atoms with van der Waals surface area (Å²) in [6.45, 7) is 4.19. The average Bonchev–Trinajstić information content (AvgIpc) is 3.00. The Labute approximate surface area is 174 Å². The summed E-state index contributed by atoms with van der Waals surface area (Å²) in [7, 11) is 0. The molecule has 4 rings (SSSR count). The maximum Gasteiger partial charge on any atom is 0.154 e. The summed E-state index contributed by atoms with van der Waals surface area (Å²) >= 11 is 18.7. The highest BCUT2D eigenvalue weighted by molar-refractivity contribution is 6.35. The van der Waals surface area contributed by atoms with Gasteiger partial charge in [0.15, 0.2) is 5.82 Å². The summed E-state index contributed by atoms with van der Waals surface area (Å²) in [6, 6.07) is 13.3. The summed E-state index contributed by atoms with van der Waals surface area (Å²) in [5.41, 5.74) is 4.04. The van der Waals surface area contributed by atoms with Crippen LogP contribution in [0.4, 0.5) is 5.82 Å². The Bertz CT molecular complexity index is 958. The lowest BCUT2D eigenvalue weighted by Gasteiger charge is -2.27. The first-order valence-electron chi connectivity index (χ1n) is 9.10. The monoisotopic (exact) mass is 419 g/mol. The van der Waals surface area contributed by atoms with Crippen molar-refractivity contribution in [1.29, 1.82) is 0 Å². The van der Waals surface area contributed by atoms with E-state index in [2.05, 4.69) is 11.8 Å². The van der Waals surface area contributed by atoms with Crippen molar-refractivity contribution in [1.82, 2.24) is 9.78 Å². The minimum atomic E-state index is 0.574. The van der Waals surface area contributed by atoms with E-state index in [1.807, 2.05) is 41.1 Å². The molecule has 1 saturated heterocycles. The van der Waals surface area contributed by atoms with Gasteiger partial charge in [-0.3, -0.25) is 0 Å². The molecule has 0 amide bonds. The normalized spacial score (nSPS) is 14.6. The van der Waals surface area contributed by atoms with Gasteiger partial charge in [-0.25, -0.2) is 4.68 Å². The molecular formula is C21H20Cl3N3. The largest absolute Gasteiger partial charge is 0.355 e. The summed E-state index contributed by atoms with van der Waals surface area (Å²) in [5, 5.41) is 6.87. The van der Waals surface area contributed by atoms with Gasteiger partial charge in [-0.05, 0) is 56.5 Å². The van der Waals surface area contributed by atoms with Crippen LogP contribution in [0.2, 0.25) is 15.1 Å². The summed E-state index contributed by atoms with van der Waals surface area (Å²) in [6.07, 6.45) is 3.68. The third-order valence-electron chi connectivity index (χ3n) is 5.01. The van der Waals surface area contributed by atoms with Crippen molar-refractivity contribution in [2.75, 3.05) is 18.0 Å². The topological polar surface area (TPSA) is 21.1 Å². The van der Waals surface area contributed by atoms with Gasteiger partial charge in [0, 0.05) is 34.3 Å². The van der Waals surface area contributed by atoms with Gasteiger partial charge in [-0.1, -0.05) is 46.9 Å². The van der Waals surface area contributed by atoms with E-state index in [1.165, 1.54) is 19.3 Å². The lowest BCUT2D eigenvalue weighted by molar-refractivity contribution is 0.571. The van der Waals surface area contributed by atoms with E-state index < -0.39 is 0 Å². The van der Waals surface area contributed by atoms with Crippen molar-refractivity contribution < 1.29 is 0 Å². The quantitative estimate of drug-likeness (QED) is 0.464. The fourth-order valence-corrected chi connectivity index (χ4v) is 4.28. The Morgan fingerprint density at radius 3 is 2.19 bits per heavy atom. The van der Waals surface area contributed by atoms with Crippen LogP contribution in [-0.2, 0) is 0 Å². The molecule has 2 aromatic carbocycles. The van der Waals surface area contributed by atoms with E-state index >= 15 is 0 Å². The van der Waals surface area contributed by atoms with Gasteiger partial charge in [0.2, 0.25) is 0 Å². The molecule has 0 bridgehead atoms. The molecule has 0 saturated carbocycles. The van der Waals surface area contributed by atoms with Crippen LogP contribution >= 0.6 is 34.8 Å². The highest BCUT2D eigenvalue weighted by atomic mass is 35.5. The second-order valence-corrected chi connectivity index (χ2v) is 8.14. The van der Waals surface area contributed by atoms with Crippen LogP contribution < -0.4 is 4.90 Å². The van der Waals surface area contributed by atoms with Crippen molar-refractivity contribution in [3.05, 3.63) is 63.1 Å². The van der Waals surface area contributed by atoms with Gasteiger partial charge in [-0.15, -0.1) is 5.10 Å². The maximum absolute atomic E-state index is 6.52. The Morgan fingerprint density at radius 2 is 1.52 bits per heavy atom. The summed E-state index contributed by atoms with van der Waals surface area (Å²) in [5.74, 6) is 1.02. The first-order chi connectivity index (χ1) is 13.0. The molecule has 1 aliphatic heterocycles. The molecule has 2 heterocycles. The van der Waals surface area contributed by atoms with Crippen LogP contribution in [0.3, 0.4) is 0 Å². The van der Waals surface area contributed by atoms with Gasteiger partial charge in [0.1, 0.15) is 0 Å². The van der Waals surface area contributed by atoms with Crippen LogP contribution in [-0.4, -0.2) is 22.9 Å². The minimum absolute atomic E-state index is 0.574. The second kappa shape index (κ2) is 7.75. The standard InChI is InChI=1S/C21H20Cl3N3/c1-14-20(15-5-7-16(22)8-6-15)27(19-10-9-17(23)13-18(19)24)25-21(14)26-11-3-2-4-12-26/h5-10,13H,2-4,11-12H2,1H3. The second-order valence-electron chi connectivity index (χ2n) is 6.86. The first kappa shape index (κ1) is 18.7. The third-order valence-corrected chi connectivity index (χ3v) is 5.80.